The lowest BCUT2D eigenvalue weighted by molar-refractivity contribution is -0.872. The maximum absolute atomic E-state index is 12.4. The van der Waals surface area contributed by atoms with Crippen LogP contribution < -0.4 is 10.2 Å². The molecule has 0 aliphatic heterocycles. The van der Waals surface area contributed by atoms with Crippen LogP contribution >= 0.6 is 11.3 Å². The number of quaternary nitrogens is 1. The summed E-state index contributed by atoms with van der Waals surface area (Å²) in [4.78, 5) is 16.0. The predicted octanol–water partition coefficient (Wildman–Crippen LogP) is 1.81. The second-order valence-corrected chi connectivity index (χ2v) is 7.38. The third kappa shape index (κ3) is 3.39. The van der Waals surface area contributed by atoms with Crippen LogP contribution in [0.4, 0.5) is 0 Å². The number of fused-ring (bicyclic) bond motifs is 1. The third-order valence-corrected chi connectivity index (χ3v) is 5.31. The SMILES string of the molecule is C[NH+](C)Cc1ccccc1CNC(=O)c1cc2c(s1)CCC2. The van der Waals surface area contributed by atoms with Gasteiger partial charge in [-0.15, -0.1) is 11.3 Å². The summed E-state index contributed by atoms with van der Waals surface area (Å²) in [6.07, 6.45) is 3.51. The highest BCUT2D eigenvalue weighted by atomic mass is 32.1. The largest absolute Gasteiger partial charge is 0.347 e. The molecule has 2 aromatic rings. The van der Waals surface area contributed by atoms with Crippen LogP contribution in [-0.2, 0) is 25.9 Å². The van der Waals surface area contributed by atoms with Crippen LogP contribution in [0.1, 0.15) is 37.7 Å². The van der Waals surface area contributed by atoms with Gasteiger partial charge in [0.1, 0.15) is 6.54 Å². The van der Waals surface area contributed by atoms with Gasteiger partial charge in [0.05, 0.1) is 19.0 Å². The third-order valence-electron chi connectivity index (χ3n) is 4.07. The number of hydrogen-bond acceptors (Lipinski definition) is 2. The van der Waals surface area contributed by atoms with Crippen LogP contribution in [0.3, 0.4) is 0 Å². The van der Waals surface area contributed by atoms with Crippen molar-refractivity contribution < 1.29 is 9.69 Å². The summed E-state index contributed by atoms with van der Waals surface area (Å²) in [6.45, 7) is 1.57. The zero-order chi connectivity index (χ0) is 15.5. The van der Waals surface area contributed by atoms with Crippen LogP contribution in [-0.4, -0.2) is 20.0 Å². The molecule has 1 aromatic heterocycles. The number of thiophene rings is 1. The van der Waals surface area contributed by atoms with Gasteiger partial charge in [-0.1, -0.05) is 24.3 Å². The topological polar surface area (TPSA) is 33.5 Å². The number of carbonyl (C=O) groups excluding carboxylic acids is 1. The van der Waals surface area contributed by atoms with Crippen LogP contribution in [0.15, 0.2) is 30.3 Å². The highest BCUT2D eigenvalue weighted by molar-refractivity contribution is 7.14. The highest BCUT2D eigenvalue weighted by Gasteiger charge is 2.18. The lowest BCUT2D eigenvalue weighted by Crippen LogP contribution is -3.04. The van der Waals surface area contributed by atoms with E-state index >= 15 is 0 Å². The van der Waals surface area contributed by atoms with Crippen molar-refractivity contribution in [1.29, 1.82) is 0 Å². The van der Waals surface area contributed by atoms with E-state index in [0.29, 0.717) is 6.54 Å². The molecule has 3 nitrogen and oxygen atoms in total. The Morgan fingerprint density at radius 3 is 2.73 bits per heavy atom. The molecule has 0 atom stereocenters. The molecule has 0 spiro atoms. The van der Waals surface area contributed by atoms with E-state index in [0.717, 1.165) is 24.3 Å². The van der Waals surface area contributed by atoms with Crippen molar-refractivity contribution in [1.82, 2.24) is 5.32 Å². The summed E-state index contributed by atoms with van der Waals surface area (Å²) in [5, 5.41) is 3.08. The zero-order valence-electron chi connectivity index (χ0n) is 13.2. The average molecular weight is 315 g/mol. The molecular formula is C18H23N2OS+. The standard InChI is InChI=1S/C18H22N2OS/c1-20(2)12-15-7-4-3-6-14(15)11-19-18(21)17-10-13-8-5-9-16(13)22-17/h3-4,6-7,10H,5,8-9,11-12H2,1-2H3,(H,19,21)/p+1. The van der Waals surface area contributed by atoms with Gasteiger partial charge >= 0.3 is 0 Å². The highest BCUT2D eigenvalue weighted by Crippen LogP contribution is 2.30. The number of rotatable bonds is 5. The van der Waals surface area contributed by atoms with E-state index in [9.17, 15) is 4.79 Å². The molecule has 0 fully saturated rings. The van der Waals surface area contributed by atoms with Gasteiger partial charge in [-0.2, -0.15) is 0 Å². The molecule has 1 aliphatic carbocycles. The lowest BCUT2D eigenvalue weighted by Gasteiger charge is -2.12. The van der Waals surface area contributed by atoms with Crippen LogP contribution in [0, 0.1) is 0 Å². The van der Waals surface area contributed by atoms with Gasteiger partial charge in [0.15, 0.2) is 0 Å². The van der Waals surface area contributed by atoms with Gasteiger partial charge < -0.3 is 10.2 Å². The fraction of sp³-hybridized carbons (Fsp3) is 0.389. The maximum atomic E-state index is 12.4. The molecular weight excluding hydrogens is 292 g/mol. The van der Waals surface area contributed by atoms with Crippen molar-refractivity contribution in [2.45, 2.75) is 32.4 Å². The molecule has 0 saturated carbocycles. The van der Waals surface area contributed by atoms with E-state index in [1.165, 1.54) is 32.9 Å². The van der Waals surface area contributed by atoms with E-state index in [1.54, 1.807) is 11.3 Å². The maximum Gasteiger partial charge on any atom is 0.261 e. The fourth-order valence-electron chi connectivity index (χ4n) is 2.99. The Bertz CT molecular complexity index is 654. The minimum Gasteiger partial charge on any atom is -0.347 e. The average Bonchev–Trinajstić information content (AvgIpc) is 3.06. The normalized spacial score (nSPS) is 13.4. The molecule has 0 radical (unpaired) electrons. The Morgan fingerprint density at radius 1 is 1.23 bits per heavy atom. The van der Waals surface area contributed by atoms with E-state index in [1.807, 2.05) is 6.07 Å². The van der Waals surface area contributed by atoms with Gasteiger partial charge in [-0.05, 0) is 36.5 Å². The molecule has 22 heavy (non-hydrogen) atoms. The summed E-state index contributed by atoms with van der Waals surface area (Å²) in [7, 11) is 4.28. The Balaban J connectivity index is 1.65. The Hall–Kier alpha value is -1.65. The fourth-order valence-corrected chi connectivity index (χ4v) is 4.16. The first-order valence-corrected chi connectivity index (χ1v) is 8.70. The van der Waals surface area contributed by atoms with Gasteiger partial charge in [-0.3, -0.25) is 4.79 Å². The van der Waals surface area contributed by atoms with Crippen molar-refractivity contribution >= 4 is 17.2 Å². The minimum atomic E-state index is 0.0615. The summed E-state index contributed by atoms with van der Waals surface area (Å²) in [6, 6.07) is 10.4. The summed E-state index contributed by atoms with van der Waals surface area (Å²) >= 11 is 1.66. The van der Waals surface area contributed by atoms with Crippen molar-refractivity contribution in [3.8, 4) is 0 Å². The van der Waals surface area contributed by atoms with Crippen molar-refractivity contribution in [3.63, 3.8) is 0 Å². The number of amides is 1. The van der Waals surface area contributed by atoms with Gasteiger partial charge in [-0.25, -0.2) is 0 Å². The molecule has 0 unspecified atom stereocenters. The first-order valence-electron chi connectivity index (χ1n) is 7.89. The molecule has 1 aromatic carbocycles. The second kappa shape index (κ2) is 6.63. The quantitative estimate of drug-likeness (QED) is 0.867. The predicted molar refractivity (Wildman–Crippen MR) is 90.5 cm³/mol. The summed E-state index contributed by atoms with van der Waals surface area (Å²) in [5.74, 6) is 0.0615. The van der Waals surface area contributed by atoms with Gasteiger partial charge in [0.25, 0.3) is 5.91 Å². The van der Waals surface area contributed by atoms with Crippen molar-refractivity contribution in [3.05, 3.63) is 56.8 Å². The monoisotopic (exact) mass is 315 g/mol. The number of nitrogens with one attached hydrogen (secondary N) is 2. The number of benzene rings is 1. The molecule has 2 N–H and O–H groups in total. The zero-order valence-corrected chi connectivity index (χ0v) is 14.1. The number of aryl methyl sites for hydroxylation is 2. The number of carbonyl (C=O) groups is 1. The van der Waals surface area contributed by atoms with Crippen molar-refractivity contribution in [2.24, 2.45) is 0 Å². The summed E-state index contributed by atoms with van der Waals surface area (Å²) < 4.78 is 0. The van der Waals surface area contributed by atoms with E-state index in [4.69, 9.17) is 0 Å². The first kappa shape index (κ1) is 15.3. The van der Waals surface area contributed by atoms with Crippen LogP contribution in [0.25, 0.3) is 0 Å². The second-order valence-electron chi connectivity index (χ2n) is 6.25. The number of hydrogen-bond donors (Lipinski definition) is 2. The molecule has 1 amide bonds. The molecule has 4 heteroatoms. The van der Waals surface area contributed by atoms with Crippen molar-refractivity contribution in [2.75, 3.05) is 14.1 Å². The molecule has 116 valence electrons. The van der Waals surface area contributed by atoms with E-state index in [-0.39, 0.29) is 5.91 Å². The van der Waals surface area contributed by atoms with E-state index < -0.39 is 0 Å². The van der Waals surface area contributed by atoms with E-state index in [2.05, 4.69) is 43.7 Å². The molecule has 3 rings (SSSR count). The smallest absolute Gasteiger partial charge is 0.261 e. The molecule has 0 bridgehead atoms. The summed E-state index contributed by atoms with van der Waals surface area (Å²) in [5.41, 5.74) is 3.89. The Kier molecular flexibility index (Phi) is 4.60. The van der Waals surface area contributed by atoms with Gasteiger partial charge in [0, 0.05) is 17.0 Å². The Labute approximate surface area is 136 Å². The first-order chi connectivity index (χ1) is 10.6. The molecule has 0 saturated heterocycles. The minimum absolute atomic E-state index is 0.0615. The Morgan fingerprint density at radius 2 is 2.00 bits per heavy atom. The molecule has 1 aliphatic rings. The molecule has 1 heterocycles. The van der Waals surface area contributed by atoms with Crippen LogP contribution in [0.2, 0.25) is 0 Å². The lowest BCUT2D eigenvalue weighted by atomic mass is 10.1. The van der Waals surface area contributed by atoms with Crippen LogP contribution in [0.5, 0.6) is 0 Å². The van der Waals surface area contributed by atoms with Gasteiger partial charge in [0.2, 0.25) is 0 Å².